The summed E-state index contributed by atoms with van der Waals surface area (Å²) < 4.78 is 16.5. The number of fused-ring (bicyclic) bond motifs is 1. The Bertz CT molecular complexity index is 834. The summed E-state index contributed by atoms with van der Waals surface area (Å²) in [4.78, 5) is 35.6. The summed E-state index contributed by atoms with van der Waals surface area (Å²) in [6.45, 7) is 1.61. The zero-order chi connectivity index (χ0) is 15.3. The molecule has 6 nitrogen and oxygen atoms in total. The van der Waals surface area contributed by atoms with Gasteiger partial charge < -0.3 is 0 Å². The lowest BCUT2D eigenvalue weighted by atomic mass is 10.1. The first-order valence-corrected chi connectivity index (χ1v) is 6.61. The van der Waals surface area contributed by atoms with Crippen LogP contribution in [0.5, 0.6) is 0 Å². The zero-order valence-corrected chi connectivity index (χ0v) is 11.6. The van der Waals surface area contributed by atoms with Crippen molar-refractivity contribution in [1.82, 2.24) is 14.5 Å². The van der Waals surface area contributed by atoms with Gasteiger partial charge in [-0.1, -0.05) is 0 Å². The van der Waals surface area contributed by atoms with E-state index in [1.807, 2.05) is 0 Å². The highest BCUT2D eigenvalue weighted by Gasteiger charge is 2.31. The minimum atomic E-state index is -0.791. The first-order chi connectivity index (χ1) is 9.90. The van der Waals surface area contributed by atoms with Crippen molar-refractivity contribution in [3.05, 3.63) is 34.0 Å². The Morgan fingerprint density at radius 1 is 1.24 bits per heavy atom. The van der Waals surface area contributed by atoms with Crippen LogP contribution >= 0.6 is 0 Å². The van der Waals surface area contributed by atoms with Crippen LogP contribution in [0.15, 0.2) is 16.9 Å². The molecule has 7 heteroatoms. The molecule has 0 aliphatic carbocycles. The van der Waals surface area contributed by atoms with E-state index in [4.69, 9.17) is 0 Å². The van der Waals surface area contributed by atoms with Gasteiger partial charge in [0.2, 0.25) is 11.8 Å². The molecule has 110 valence electrons. The smallest absolute Gasteiger partial charge is 0.295 e. The number of nitrogens with one attached hydrogen (secondary N) is 1. The monoisotopic (exact) mass is 291 g/mol. The van der Waals surface area contributed by atoms with Gasteiger partial charge in [0.25, 0.3) is 0 Å². The molecule has 1 aliphatic heterocycles. The SMILES string of the molecule is Cc1cc2c(cc1F)n(C1CCC(=O)NC1=O)c(=O)n2C. The molecule has 1 N–H and O–H groups in total. The second kappa shape index (κ2) is 4.54. The average molecular weight is 291 g/mol. The number of rotatable bonds is 1. The molecule has 1 saturated heterocycles. The van der Waals surface area contributed by atoms with Crippen molar-refractivity contribution in [2.24, 2.45) is 7.05 Å². The summed E-state index contributed by atoms with van der Waals surface area (Å²) in [7, 11) is 1.57. The molecule has 21 heavy (non-hydrogen) atoms. The first kappa shape index (κ1) is 13.5. The third-order valence-electron chi connectivity index (χ3n) is 3.89. The van der Waals surface area contributed by atoms with E-state index in [1.165, 1.54) is 15.2 Å². The van der Waals surface area contributed by atoms with E-state index in [1.54, 1.807) is 20.0 Å². The topological polar surface area (TPSA) is 73.1 Å². The number of piperidine rings is 1. The van der Waals surface area contributed by atoms with Crippen molar-refractivity contribution < 1.29 is 14.0 Å². The maximum atomic E-state index is 13.8. The normalized spacial score (nSPS) is 19.1. The summed E-state index contributed by atoms with van der Waals surface area (Å²) in [6, 6.07) is 2.05. The molecule has 1 unspecified atom stereocenters. The van der Waals surface area contributed by atoms with Gasteiger partial charge in [-0.3, -0.25) is 24.0 Å². The number of benzene rings is 1. The van der Waals surface area contributed by atoms with E-state index in [0.717, 1.165) is 0 Å². The average Bonchev–Trinajstić information content (AvgIpc) is 2.64. The maximum absolute atomic E-state index is 13.8. The molecule has 1 aliphatic rings. The van der Waals surface area contributed by atoms with Crippen molar-refractivity contribution >= 4 is 22.8 Å². The van der Waals surface area contributed by atoms with Gasteiger partial charge >= 0.3 is 5.69 Å². The predicted molar refractivity (Wildman–Crippen MR) is 73.3 cm³/mol. The van der Waals surface area contributed by atoms with Crippen LogP contribution in [0, 0.1) is 12.7 Å². The lowest BCUT2D eigenvalue weighted by Gasteiger charge is -2.21. The molecule has 1 aromatic carbocycles. The number of amides is 2. The number of aryl methyl sites for hydroxylation is 2. The molecular weight excluding hydrogens is 277 g/mol. The van der Waals surface area contributed by atoms with Crippen molar-refractivity contribution in [2.75, 3.05) is 0 Å². The summed E-state index contributed by atoms with van der Waals surface area (Å²) in [5.41, 5.74) is 0.951. The third kappa shape index (κ3) is 1.96. The van der Waals surface area contributed by atoms with Crippen LogP contribution < -0.4 is 11.0 Å². The van der Waals surface area contributed by atoms with E-state index in [-0.39, 0.29) is 18.7 Å². The number of aromatic nitrogens is 2. The Labute approximate surface area is 119 Å². The molecule has 3 rings (SSSR count). The van der Waals surface area contributed by atoms with E-state index < -0.39 is 23.5 Å². The minimum absolute atomic E-state index is 0.160. The highest BCUT2D eigenvalue weighted by atomic mass is 19.1. The van der Waals surface area contributed by atoms with E-state index >= 15 is 0 Å². The lowest BCUT2D eigenvalue weighted by Crippen LogP contribution is -2.44. The maximum Gasteiger partial charge on any atom is 0.329 e. The molecule has 0 saturated carbocycles. The van der Waals surface area contributed by atoms with Gasteiger partial charge in [0.15, 0.2) is 0 Å². The Hall–Kier alpha value is -2.44. The van der Waals surface area contributed by atoms with E-state index in [9.17, 15) is 18.8 Å². The number of nitrogens with zero attached hydrogens (tertiary/aromatic N) is 2. The first-order valence-electron chi connectivity index (χ1n) is 6.61. The van der Waals surface area contributed by atoms with Crippen molar-refractivity contribution in [3.63, 3.8) is 0 Å². The summed E-state index contributed by atoms with van der Waals surface area (Å²) in [5.74, 6) is -1.32. The van der Waals surface area contributed by atoms with E-state index in [0.29, 0.717) is 16.6 Å². The van der Waals surface area contributed by atoms with Gasteiger partial charge in [-0.25, -0.2) is 9.18 Å². The van der Waals surface area contributed by atoms with Crippen LogP contribution in [0.1, 0.15) is 24.4 Å². The molecule has 2 amide bonds. The van der Waals surface area contributed by atoms with Gasteiger partial charge in [0, 0.05) is 19.5 Å². The lowest BCUT2D eigenvalue weighted by molar-refractivity contribution is -0.135. The fraction of sp³-hybridized carbons (Fsp3) is 0.357. The molecule has 2 aromatic rings. The highest BCUT2D eigenvalue weighted by Crippen LogP contribution is 2.24. The molecular formula is C14H14FN3O3. The molecule has 0 bridgehead atoms. The van der Waals surface area contributed by atoms with Crippen LogP contribution in [0.25, 0.3) is 11.0 Å². The number of hydrogen-bond donors (Lipinski definition) is 1. The molecule has 1 aromatic heterocycles. The van der Waals surface area contributed by atoms with Crippen molar-refractivity contribution in [2.45, 2.75) is 25.8 Å². The number of imide groups is 1. The largest absolute Gasteiger partial charge is 0.329 e. The second-order valence-electron chi connectivity index (χ2n) is 5.27. The molecule has 2 heterocycles. The Balaban J connectivity index is 2.25. The second-order valence-corrected chi connectivity index (χ2v) is 5.27. The fourth-order valence-corrected chi connectivity index (χ4v) is 2.71. The fourth-order valence-electron chi connectivity index (χ4n) is 2.71. The van der Waals surface area contributed by atoms with Crippen molar-refractivity contribution in [1.29, 1.82) is 0 Å². The number of imidazole rings is 1. The third-order valence-corrected chi connectivity index (χ3v) is 3.89. The Morgan fingerprint density at radius 3 is 2.62 bits per heavy atom. The van der Waals surface area contributed by atoms with Gasteiger partial charge in [-0.05, 0) is 25.0 Å². The van der Waals surface area contributed by atoms with Gasteiger partial charge in [0.05, 0.1) is 11.0 Å². The van der Waals surface area contributed by atoms with Crippen molar-refractivity contribution in [3.8, 4) is 0 Å². The molecule has 1 atom stereocenters. The van der Waals surface area contributed by atoms with Gasteiger partial charge in [0.1, 0.15) is 11.9 Å². The van der Waals surface area contributed by atoms with Crippen LogP contribution in [-0.4, -0.2) is 20.9 Å². The minimum Gasteiger partial charge on any atom is -0.295 e. The molecule has 0 radical (unpaired) electrons. The van der Waals surface area contributed by atoms with E-state index in [2.05, 4.69) is 5.32 Å². The Kier molecular flexibility index (Phi) is 2.93. The van der Waals surface area contributed by atoms with Gasteiger partial charge in [-0.15, -0.1) is 0 Å². The Morgan fingerprint density at radius 2 is 1.95 bits per heavy atom. The summed E-state index contributed by atoms with van der Waals surface area (Å²) in [6.07, 6.45) is 0.396. The molecule has 0 spiro atoms. The summed E-state index contributed by atoms with van der Waals surface area (Å²) in [5, 5.41) is 2.21. The number of carbonyl (C=O) groups is 2. The van der Waals surface area contributed by atoms with Crippen LogP contribution in [0.3, 0.4) is 0 Å². The standard InChI is InChI=1S/C14H14FN3O3/c1-7-5-10-11(6-8(7)15)18(14(21)17(10)2)9-3-4-12(19)16-13(9)20/h5-6,9H,3-4H2,1-2H3,(H,16,19,20). The highest BCUT2D eigenvalue weighted by molar-refractivity contribution is 6.00. The molecule has 1 fully saturated rings. The quantitative estimate of drug-likeness (QED) is 0.789. The predicted octanol–water partition coefficient (Wildman–Crippen LogP) is 0.765. The zero-order valence-electron chi connectivity index (χ0n) is 11.6. The summed E-state index contributed by atoms with van der Waals surface area (Å²) >= 11 is 0. The van der Waals surface area contributed by atoms with Crippen LogP contribution in [0.4, 0.5) is 4.39 Å². The van der Waals surface area contributed by atoms with Gasteiger partial charge in [-0.2, -0.15) is 0 Å². The number of halogens is 1. The number of hydrogen-bond acceptors (Lipinski definition) is 3. The van der Waals surface area contributed by atoms with Crippen LogP contribution in [0.2, 0.25) is 0 Å². The number of carbonyl (C=O) groups excluding carboxylic acids is 2. The van der Waals surface area contributed by atoms with Crippen LogP contribution in [-0.2, 0) is 16.6 Å².